The quantitative estimate of drug-likeness (QED) is 0.133. The molecule has 0 heterocycles. The zero-order valence-electron chi connectivity index (χ0n) is 19.3. The number of carboxylic acid groups (broad SMARTS) is 1. The summed E-state index contributed by atoms with van der Waals surface area (Å²) < 4.78 is 0. The van der Waals surface area contributed by atoms with Gasteiger partial charge < -0.3 is 5.11 Å². The van der Waals surface area contributed by atoms with E-state index in [0.29, 0.717) is 0 Å². The molecule has 0 aliphatic rings. The van der Waals surface area contributed by atoms with E-state index < -0.39 is 11.4 Å². The Kier molecular flexibility index (Phi) is 31.6. The summed E-state index contributed by atoms with van der Waals surface area (Å²) in [5, 5.41) is 10.1. The Morgan fingerprint density at radius 1 is 0.536 bits per heavy atom. The Labute approximate surface area is 242 Å². The molecular formula is C24H48Nd2O2. The molecule has 0 saturated heterocycles. The minimum Gasteiger partial charge on any atom is -0.481 e. The fourth-order valence-corrected chi connectivity index (χ4v) is 4.07. The molecule has 0 spiro atoms. The van der Waals surface area contributed by atoms with Crippen LogP contribution in [0.1, 0.15) is 143 Å². The second-order valence-electron chi connectivity index (χ2n) is 8.43. The Morgan fingerprint density at radius 3 is 1.07 bits per heavy atom. The van der Waals surface area contributed by atoms with Crippen molar-refractivity contribution in [2.24, 2.45) is 5.41 Å². The molecule has 0 saturated carbocycles. The van der Waals surface area contributed by atoms with Gasteiger partial charge in [0.1, 0.15) is 0 Å². The molecular weight excluding hydrogens is 609 g/mol. The van der Waals surface area contributed by atoms with Crippen LogP contribution >= 0.6 is 0 Å². The SMILES string of the molecule is CCCCCCCCC(CCCCCC)(CCCCCCCC)C(=O)O.[Nd].[Nd]. The minimum atomic E-state index is -0.517. The molecule has 0 unspecified atom stereocenters. The summed E-state index contributed by atoms with van der Waals surface area (Å²) in [6, 6.07) is 0. The van der Waals surface area contributed by atoms with Gasteiger partial charge in [0.15, 0.2) is 0 Å². The van der Waals surface area contributed by atoms with Gasteiger partial charge in [-0.1, -0.05) is 124 Å². The van der Waals surface area contributed by atoms with Crippen molar-refractivity contribution in [3.63, 3.8) is 0 Å². The summed E-state index contributed by atoms with van der Waals surface area (Å²) in [6.07, 6.45) is 22.4. The van der Waals surface area contributed by atoms with Crippen LogP contribution < -0.4 is 0 Å². The van der Waals surface area contributed by atoms with Crippen LogP contribution in [0.3, 0.4) is 0 Å². The topological polar surface area (TPSA) is 37.3 Å². The number of unbranched alkanes of at least 4 members (excludes halogenated alkanes) is 13. The molecule has 0 fully saturated rings. The van der Waals surface area contributed by atoms with Gasteiger partial charge in [-0.2, -0.15) is 0 Å². The predicted molar refractivity (Wildman–Crippen MR) is 115 cm³/mol. The first-order valence-corrected chi connectivity index (χ1v) is 11.9. The average Bonchev–Trinajstić information content (AvgIpc) is 2.63. The van der Waals surface area contributed by atoms with E-state index in [0.717, 1.165) is 38.5 Å². The normalized spacial score (nSPS) is 11.0. The maximum atomic E-state index is 12.2. The van der Waals surface area contributed by atoms with Gasteiger partial charge in [0.05, 0.1) is 5.41 Å². The van der Waals surface area contributed by atoms with Crippen molar-refractivity contribution in [2.45, 2.75) is 143 Å². The number of hydrogen-bond acceptors (Lipinski definition) is 1. The second-order valence-corrected chi connectivity index (χ2v) is 8.43. The van der Waals surface area contributed by atoms with Gasteiger partial charge in [-0.3, -0.25) is 4.79 Å². The van der Waals surface area contributed by atoms with Gasteiger partial charge in [-0.25, -0.2) is 0 Å². The summed E-state index contributed by atoms with van der Waals surface area (Å²) in [5.41, 5.74) is -0.441. The number of aliphatic carboxylic acids is 1. The van der Waals surface area contributed by atoms with E-state index in [1.807, 2.05) is 0 Å². The van der Waals surface area contributed by atoms with Gasteiger partial charge in [0.25, 0.3) is 0 Å². The Balaban J connectivity index is -0.00000312. The number of carboxylic acids is 1. The molecule has 0 rings (SSSR count). The van der Waals surface area contributed by atoms with Gasteiger partial charge in [0.2, 0.25) is 0 Å². The minimum absolute atomic E-state index is 0. The largest absolute Gasteiger partial charge is 0.481 e. The molecule has 1 N–H and O–H groups in total. The molecule has 28 heavy (non-hydrogen) atoms. The first-order valence-electron chi connectivity index (χ1n) is 11.9. The van der Waals surface area contributed by atoms with Gasteiger partial charge in [-0.05, 0) is 19.3 Å². The summed E-state index contributed by atoms with van der Waals surface area (Å²) in [6.45, 7) is 6.70. The van der Waals surface area contributed by atoms with E-state index in [1.54, 1.807) is 0 Å². The van der Waals surface area contributed by atoms with Crippen molar-refractivity contribution in [1.29, 1.82) is 0 Å². The van der Waals surface area contributed by atoms with Crippen LogP contribution in [0.5, 0.6) is 0 Å². The molecule has 0 aromatic carbocycles. The molecule has 2 nitrogen and oxygen atoms in total. The Hall–Kier alpha value is 2.17. The molecule has 0 atom stereocenters. The van der Waals surface area contributed by atoms with Crippen molar-refractivity contribution in [1.82, 2.24) is 0 Å². The van der Waals surface area contributed by atoms with Crippen molar-refractivity contribution in [3.05, 3.63) is 0 Å². The van der Waals surface area contributed by atoms with Crippen molar-refractivity contribution in [3.8, 4) is 0 Å². The molecule has 0 bridgehead atoms. The fourth-order valence-electron chi connectivity index (χ4n) is 4.07. The summed E-state index contributed by atoms with van der Waals surface area (Å²) >= 11 is 0. The number of carbonyl (C=O) groups is 1. The van der Waals surface area contributed by atoms with E-state index in [9.17, 15) is 9.90 Å². The molecule has 0 aliphatic carbocycles. The van der Waals surface area contributed by atoms with Gasteiger partial charge >= 0.3 is 5.97 Å². The number of hydrogen-bond donors (Lipinski definition) is 1. The molecule has 4 heteroatoms. The zero-order valence-corrected chi connectivity index (χ0v) is 25.7. The number of rotatable bonds is 20. The molecule has 0 aromatic heterocycles. The molecule has 164 valence electrons. The molecule has 0 radical (unpaired) electrons. The maximum absolute atomic E-state index is 12.2. The van der Waals surface area contributed by atoms with Crippen molar-refractivity contribution in [2.75, 3.05) is 0 Å². The van der Waals surface area contributed by atoms with E-state index in [-0.39, 0.29) is 81.7 Å². The Bertz CT molecular complexity index is 306. The first kappa shape index (κ1) is 34.8. The van der Waals surface area contributed by atoms with Crippen LogP contribution in [0.25, 0.3) is 0 Å². The van der Waals surface area contributed by atoms with E-state index >= 15 is 0 Å². The zero-order chi connectivity index (χ0) is 19.5. The molecule has 0 amide bonds. The van der Waals surface area contributed by atoms with Gasteiger partial charge in [-0.15, -0.1) is 0 Å². The summed E-state index contributed by atoms with van der Waals surface area (Å²) in [5.74, 6) is -0.517. The van der Waals surface area contributed by atoms with Crippen molar-refractivity contribution < 1.29 is 91.6 Å². The Morgan fingerprint density at radius 2 is 0.786 bits per heavy atom. The average molecular weight is 657 g/mol. The summed E-state index contributed by atoms with van der Waals surface area (Å²) in [7, 11) is 0. The first-order chi connectivity index (χ1) is 12.6. The van der Waals surface area contributed by atoms with Crippen LogP contribution in [0.15, 0.2) is 0 Å². The van der Waals surface area contributed by atoms with E-state index in [4.69, 9.17) is 0 Å². The fraction of sp³-hybridized carbons (Fsp3) is 0.958. The predicted octanol–water partition coefficient (Wildman–Crippen LogP) is 8.53. The van der Waals surface area contributed by atoms with Crippen LogP contribution in [0.2, 0.25) is 0 Å². The molecule has 0 aromatic rings. The summed E-state index contributed by atoms with van der Waals surface area (Å²) in [4.78, 5) is 12.2. The van der Waals surface area contributed by atoms with Crippen LogP contribution in [-0.2, 0) is 4.79 Å². The standard InChI is InChI=1S/C24H48O2.2Nd/c1-4-7-10-13-15-18-21-24(23(25)26,20-17-12-9-6-3)22-19-16-14-11-8-5-2;;/h4-22H2,1-3H3,(H,25,26);;. The van der Waals surface area contributed by atoms with Crippen LogP contribution in [0, 0.1) is 87.1 Å². The monoisotopic (exact) mass is 652 g/mol. The third kappa shape index (κ3) is 18.9. The van der Waals surface area contributed by atoms with E-state index in [2.05, 4.69) is 20.8 Å². The van der Waals surface area contributed by atoms with Crippen molar-refractivity contribution >= 4 is 5.97 Å². The second kappa shape index (κ2) is 25.4. The third-order valence-electron chi connectivity index (χ3n) is 5.98. The smallest absolute Gasteiger partial charge is 0.309 e. The third-order valence-corrected chi connectivity index (χ3v) is 5.98. The van der Waals surface area contributed by atoms with Crippen LogP contribution in [-0.4, -0.2) is 11.1 Å². The maximum Gasteiger partial charge on any atom is 0.309 e. The molecule has 0 aliphatic heterocycles. The van der Waals surface area contributed by atoms with Crippen LogP contribution in [0.4, 0.5) is 0 Å². The van der Waals surface area contributed by atoms with E-state index in [1.165, 1.54) is 83.5 Å². The van der Waals surface area contributed by atoms with Gasteiger partial charge in [0, 0.05) is 81.7 Å².